The molecule has 1 aliphatic rings. The fourth-order valence-corrected chi connectivity index (χ4v) is 1.43. The van der Waals surface area contributed by atoms with Crippen molar-refractivity contribution in [2.45, 2.75) is 0 Å². The van der Waals surface area contributed by atoms with Crippen LogP contribution in [-0.2, 0) is 4.74 Å². The highest BCUT2D eigenvalue weighted by Gasteiger charge is 2.16. The molecule has 0 saturated carbocycles. The number of aromatic hydroxyl groups is 1. The molecule has 4 nitrogen and oxygen atoms in total. The van der Waals surface area contributed by atoms with Gasteiger partial charge in [0, 0.05) is 19.2 Å². The molecule has 0 atom stereocenters. The molecule has 2 rings (SSSR count). The van der Waals surface area contributed by atoms with Crippen molar-refractivity contribution < 1.29 is 14.2 Å². The van der Waals surface area contributed by atoms with E-state index in [2.05, 4.69) is 4.98 Å². The second kappa shape index (κ2) is 3.79. The Hall–Kier alpha value is -1.36. The fraction of sp³-hybridized carbons (Fsp3) is 0.444. The number of anilines is 1. The van der Waals surface area contributed by atoms with Gasteiger partial charge in [0.25, 0.3) is 0 Å². The van der Waals surface area contributed by atoms with Crippen LogP contribution in [-0.4, -0.2) is 36.4 Å². The summed E-state index contributed by atoms with van der Waals surface area (Å²) >= 11 is 0. The van der Waals surface area contributed by atoms with E-state index >= 15 is 0 Å². The molecule has 1 N–H and O–H groups in total. The summed E-state index contributed by atoms with van der Waals surface area (Å²) in [6, 6.07) is 1.07. The van der Waals surface area contributed by atoms with E-state index in [1.54, 1.807) is 4.90 Å². The molecule has 0 bridgehead atoms. The normalized spacial score (nSPS) is 17.1. The van der Waals surface area contributed by atoms with Crippen molar-refractivity contribution in [3.8, 4) is 5.75 Å². The molecular weight excluding hydrogens is 187 g/mol. The summed E-state index contributed by atoms with van der Waals surface area (Å²) in [5.41, 5.74) is 0. The molecule has 1 aromatic rings. The summed E-state index contributed by atoms with van der Waals surface area (Å²) in [7, 11) is 0. The van der Waals surface area contributed by atoms with E-state index in [0.29, 0.717) is 26.3 Å². The first-order valence-electron chi connectivity index (χ1n) is 4.44. The van der Waals surface area contributed by atoms with E-state index in [9.17, 15) is 4.39 Å². The second-order valence-corrected chi connectivity index (χ2v) is 3.10. The number of halogens is 1. The van der Waals surface area contributed by atoms with E-state index in [0.717, 1.165) is 6.07 Å². The third kappa shape index (κ3) is 1.77. The van der Waals surface area contributed by atoms with Gasteiger partial charge in [-0.25, -0.2) is 9.37 Å². The molecule has 0 aromatic carbocycles. The van der Waals surface area contributed by atoms with Crippen molar-refractivity contribution in [1.29, 1.82) is 0 Å². The van der Waals surface area contributed by atoms with Crippen LogP contribution in [0.2, 0.25) is 0 Å². The zero-order valence-corrected chi connectivity index (χ0v) is 7.61. The first-order valence-corrected chi connectivity index (χ1v) is 4.44. The van der Waals surface area contributed by atoms with Crippen LogP contribution in [0.15, 0.2) is 12.3 Å². The molecule has 5 heteroatoms. The van der Waals surface area contributed by atoms with E-state index in [4.69, 9.17) is 9.84 Å². The van der Waals surface area contributed by atoms with Gasteiger partial charge >= 0.3 is 0 Å². The van der Waals surface area contributed by atoms with Crippen LogP contribution in [0.25, 0.3) is 0 Å². The Morgan fingerprint density at radius 3 is 2.79 bits per heavy atom. The number of aromatic nitrogens is 1. The van der Waals surface area contributed by atoms with Gasteiger partial charge in [0.2, 0.25) is 0 Å². The summed E-state index contributed by atoms with van der Waals surface area (Å²) in [6.07, 6.45) is 1.24. The lowest BCUT2D eigenvalue weighted by atomic mass is 10.3. The minimum absolute atomic E-state index is 0.153. The van der Waals surface area contributed by atoms with Gasteiger partial charge in [0.1, 0.15) is 5.75 Å². The van der Waals surface area contributed by atoms with Crippen LogP contribution in [0.5, 0.6) is 5.75 Å². The smallest absolute Gasteiger partial charge is 0.169 e. The minimum atomic E-state index is -0.494. The van der Waals surface area contributed by atoms with Crippen molar-refractivity contribution in [3.05, 3.63) is 18.1 Å². The van der Waals surface area contributed by atoms with Gasteiger partial charge in [-0.1, -0.05) is 0 Å². The molecule has 0 radical (unpaired) electrons. The lowest BCUT2D eigenvalue weighted by Crippen LogP contribution is -2.37. The van der Waals surface area contributed by atoms with Gasteiger partial charge in [-0.2, -0.15) is 0 Å². The quantitative estimate of drug-likeness (QED) is 0.723. The molecule has 1 aliphatic heterocycles. The maximum atomic E-state index is 13.3. The maximum Gasteiger partial charge on any atom is 0.169 e. The van der Waals surface area contributed by atoms with Gasteiger partial charge in [-0.15, -0.1) is 0 Å². The van der Waals surface area contributed by atoms with E-state index in [1.807, 2.05) is 0 Å². The van der Waals surface area contributed by atoms with Crippen molar-refractivity contribution in [1.82, 2.24) is 4.98 Å². The molecule has 2 heterocycles. The van der Waals surface area contributed by atoms with Gasteiger partial charge in [-0.05, 0) is 0 Å². The van der Waals surface area contributed by atoms with Crippen molar-refractivity contribution >= 4 is 5.82 Å². The highest BCUT2D eigenvalue weighted by Crippen LogP contribution is 2.20. The van der Waals surface area contributed by atoms with Crippen LogP contribution < -0.4 is 4.90 Å². The largest absolute Gasteiger partial charge is 0.506 e. The SMILES string of the molecule is Oc1cnc(N2CCOCC2)c(F)c1. The topological polar surface area (TPSA) is 45.6 Å². The molecule has 1 aromatic heterocycles. The van der Waals surface area contributed by atoms with Crippen LogP contribution >= 0.6 is 0 Å². The Kier molecular flexibility index (Phi) is 2.49. The van der Waals surface area contributed by atoms with Crippen LogP contribution in [0.3, 0.4) is 0 Å². The molecular formula is C9H11FN2O2. The van der Waals surface area contributed by atoms with Crippen LogP contribution in [0.4, 0.5) is 10.2 Å². The molecule has 1 fully saturated rings. The van der Waals surface area contributed by atoms with E-state index in [1.165, 1.54) is 6.20 Å². The number of hydrogen-bond donors (Lipinski definition) is 1. The molecule has 76 valence electrons. The highest BCUT2D eigenvalue weighted by molar-refractivity contribution is 5.42. The van der Waals surface area contributed by atoms with Gasteiger partial charge in [0.05, 0.1) is 19.4 Å². The van der Waals surface area contributed by atoms with Crippen molar-refractivity contribution in [2.75, 3.05) is 31.2 Å². The van der Waals surface area contributed by atoms with Gasteiger partial charge < -0.3 is 14.7 Å². The number of pyridine rings is 1. The molecule has 0 amide bonds. The zero-order valence-electron chi connectivity index (χ0n) is 7.61. The van der Waals surface area contributed by atoms with Crippen LogP contribution in [0.1, 0.15) is 0 Å². The monoisotopic (exact) mass is 198 g/mol. The summed E-state index contributed by atoms with van der Waals surface area (Å²) in [4.78, 5) is 5.65. The molecule has 0 spiro atoms. The zero-order chi connectivity index (χ0) is 9.97. The summed E-state index contributed by atoms with van der Waals surface area (Å²) in [5.74, 6) is -0.363. The predicted molar refractivity (Wildman–Crippen MR) is 48.9 cm³/mol. The minimum Gasteiger partial charge on any atom is -0.506 e. The Balaban J connectivity index is 2.22. The second-order valence-electron chi connectivity index (χ2n) is 3.10. The average Bonchev–Trinajstić information content (AvgIpc) is 2.19. The number of morpholine rings is 1. The first-order chi connectivity index (χ1) is 6.77. The summed E-state index contributed by atoms with van der Waals surface area (Å²) in [5, 5.41) is 8.99. The number of rotatable bonds is 1. The third-order valence-corrected chi connectivity index (χ3v) is 2.12. The number of ether oxygens (including phenoxy) is 1. The Morgan fingerprint density at radius 2 is 2.14 bits per heavy atom. The lowest BCUT2D eigenvalue weighted by molar-refractivity contribution is 0.122. The molecule has 0 aliphatic carbocycles. The first kappa shape index (κ1) is 9.21. The van der Waals surface area contributed by atoms with Gasteiger partial charge in [-0.3, -0.25) is 0 Å². The van der Waals surface area contributed by atoms with Crippen molar-refractivity contribution in [3.63, 3.8) is 0 Å². The Morgan fingerprint density at radius 1 is 1.43 bits per heavy atom. The van der Waals surface area contributed by atoms with Gasteiger partial charge in [0.15, 0.2) is 11.6 Å². The molecule has 0 unspecified atom stereocenters. The fourth-order valence-electron chi connectivity index (χ4n) is 1.43. The number of nitrogens with zero attached hydrogens (tertiary/aromatic N) is 2. The summed E-state index contributed by atoms with van der Waals surface area (Å²) < 4.78 is 18.5. The molecule has 1 saturated heterocycles. The summed E-state index contributed by atoms with van der Waals surface area (Å²) in [6.45, 7) is 2.44. The standard InChI is InChI=1S/C9H11FN2O2/c10-8-5-7(13)6-11-9(8)12-1-3-14-4-2-12/h5-6,13H,1-4H2. The third-order valence-electron chi connectivity index (χ3n) is 2.12. The van der Waals surface area contributed by atoms with Crippen LogP contribution in [0, 0.1) is 5.82 Å². The highest BCUT2D eigenvalue weighted by atomic mass is 19.1. The average molecular weight is 198 g/mol. The lowest BCUT2D eigenvalue weighted by Gasteiger charge is -2.27. The van der Waals surface area contributed by atoms with E-state index < -0.39 is 5.82 Å². The number of hydrogen-bond acceptors (Lipinski definition) is 4. The van der Waals surface area contributed by atoms with E-state index in [-0.39, 0.29) is 11.6 Å². The Bertz CT molecular complexity index is 327. The Labute approximate surface area is 80.9 Å². The molecule has 14 heavy (non-hydrogen) atoms. The maximum absolute atomic E-state index is 13.3. The van der Waals surface area contributed by atoms with Crippen molar-refractivity contribution in [2.24, 2.45) is 0 Å². The predicted octanol–water partition coefficient (Wildman–Crippen LogP) is 0.763.